The van der Waals surface area contributed by atoms with E-state index in [0.29, 0.717) is 31.1 Å². The molecule has 7 heteroatoms. The second kappa shape index (κ2) is 12.7. The third-order valence-electron chi connectivity index (χ3n) is 6.30. The predicted octanol–water partition coefficient (Wildman–Crippen LogP) is 5.71. The van der Waals surface area contributed by atoms with Crippen LogP contribution in [-0.2, 0) is 28.9 Å². The Bertz CT molecular complexity index is 1370. The fraction of sp³-hybridized carbons (Fsp3) is 0.258. The highest BCUT2D eigenvalue weighted by atomic mass is 16.5. The normalized spacial score (nSPS) is 11.6. The number of rotatable bonds is 12. The van der Waals surface area contributed by atoms with Crippen molar-refractivity contribution in [2.75, 3.05) is 6.61 Å². The summed E-state index contributed by atoms with van der Waals surface area (Å²) in [6, 6.07) is 24.6. The molecule has 0 aliphatic carbocycles. The van der Waals surface area contributed by atoms with E-state index < -0.39 is 5.97 Å². The van der Waals surface area contributed by atoms with Crippen molar-refractivity contribution in [3.05, 3.63) is 107 Å². The first-order valence-corrected chi connectivity index (χ1v) is 12.7. The van der Waals surface area contributed by atoms with E-state index in [4.69, 9.17) is 9.15 Å². The topological polar surface area (TPSA) is 102 Å². The molecule has 0 aliphatic rings. The maximum Gasteiger partial charge on any atom is 0.303 e. The van der Waals surface area contributed by atoms with Crippen LogP contribution in [0.25, 0.3) is 11.5 Å². The van der Waals surface area contributed by atoms with Crippen molar-refractivity contribution in [2.24, 2.45) is 0 Å². The van der Waals surface area contributed by atoms with E-state index in [1.54, 1.807) is 0 Å². The quantitative estimate of drug-likeness (QED) is 0.252. The van der Waals surface area contributed by atoms with Crippen molar-refractivity contribution in [3.8, 4) is 17.2 Å². The second-order valence-electron chi connectivity index (χ2n) is 9.19. The summed E-state index contributed by atoms with van der Waals surface area (Å²) in [5, 5.41) is 12.2. The molecule has 38 heavy (non-hydrogen) atoms. The maximum atomic E-state index is 12.7. The molecular weight excluding hydrogens is 480 g/mol. The molecule has 0 saturated carbocycles. The molecule has 0 spiro atoms. The number of benzene rings is 3. The highest BCUT2D eigenvalue weighted by Crippen LogP contribution is 2.26. The number of amides is 1. The van der Waals surface area contributed by atoms with Crippen LogP contribution in [0, 0.1) is 6.92 Å². The Morgan fingerprint density at radius 1 is 1.00 bits per heavy atom. The Hall–Kier alpha value is -4.39. The van der Waals surface area contributed by atoms with Gasteiger partial charge in [0, 0.05) is 18.4 Å². The van der Waals surface area contributed by atoms with E-state index in [1.165, 1.54) is 0 Å². The fourth-order valence-corrected chi connectivity index (χ4v) is 4.32. The molecular formula is C31H32N2O5. The number of aromatic nitrogens is 1. The van der Waals surface area contributed by atoms with Crippen LogP contribution in [0.5, 0.6) is 5.75 Å². The molecule has 196 valence electrons. The average Bonchev–Trinajstić information content (AvgIpc) is 3.29. The van der Waals surface area contributed by atoms with Crippen molar-refractivity contribution in [1.82, 2.24) is 10.3 Å². The van der Waals surface area contributed by atoms with Gasteiger partial charge in [-0.1, -0.05) is 54.6 Å². The number of carboxylic acid groups (broad SMARTS) is 1. The lowest BCUT2D eigenvalue weighted by molar-refractivity contribution is -0.137. The summed E-state index contributed by atoms with van der Waals surface area (Å²) in [6.45, 7) is 4.18. The standard InChI is InChI=1S/C31H32N2O5/c1-21(32-29(34)19-23-9-5-3-6-10-23)27-20-26(15-13-24(27)14-16-30(35)36)37-18-17-28-22(2)38-31(33-28)25-11-7-4-8-12-25/h3-13,15,20-21H,14,16-19H2,1-2H3,(H,32,34)(H,35,36). The van der Waals surface area contributed by atoms with Crippen LogP contribution in [-0.4, -0.2) is 28.6 Å². The first kappa shape index (κ1) is 26.7. The maximum absolute atomic E-state index is 12.7. The van der Waals surface area contributed by atoms with Crippen molar-refractivity contribution in [1.29, 1.82) is 0 Å². The van der Waals surface area contributed by atoms with Gasteiger partial charge in [-0.05, 0) is 61.2 Å². The number of ether oxygens (including phenoxy) is 1. The van der Waals surface area contributed by atoms with E-state index in [1.807, 2.05) is 92.7 Å². The third kappa shape index (κ3) is 7.32. The minimum atomic E-state index is -0.866. The van der Waals surface area contributed by atoms with Gasteiger partial charge in [-0.2, -0.15) is 0 Å². The number of aliphatic carboxylic acids is 1. The zero-order valence-electron chi connectivity index (χ0n) is 21.6. The lowest BCUT2D eigenvalue weighted by Crippen LogP contribution is -2.28. The number of hydrogen-bond acceptors (Lipinski definition) is 5. The molecule has 3 aromatic carbocycles. The lowest BCUT2D eigenvalue weighted by Gasteiger charge is -2.19. The molecule has 7 nitrogen and oxygen atoms in total. The average molecular weight is 513 g/mol. The Kier molecular flexibility index (Phi) is 8.93. The molecule has 1 atom stereocenters. The smallest absolute Gasteiger partial charge is 0.303 e. The molecule has 2 N–H and O–H groups in total. The molecule has 1 unspecified atom stereocenters. The Morgan fingerprint density at radius 3 is 2.42 bits per heavy atom. The molecule has 1 heterocycles. The summed E-state index contributed by atoms with van der Waals surface area (Å²) in [5.74, 6) is 1.02. The molecule has 0 fully saturated rings. The van der Waals surface area contributed by atoms with Crippen LogP contribution in [0.3, 0.4) is 0 Å². The van der Waals surface area contributed by atoms with Gasteiger partial charge in [-0.25, -0.2) is 4.98 Å². The number of nitrogens with zero attached hydrogens (tertiary/aromatic N) is 1. The van der Waals surface area contributed by atoms with Gasteiger partial charge >= 0.3 is 5.97 Å². The van der Waals surface area contributed by atoms with Gasteiger partial charge in [-0.3, -0.25) is 9.59 Å². The van der Waals surface area contributed by atoms with Crippen LogP contribution < -0.4 is 10.1 Å². The summed E-state index contributed by atoms with van der Waals surface area (Å²) in [7, 11) is 0. The van der Waals surface area contributed by atoms with E-state index in [9.17, 15) is 14.7 Å². The Balaban J connectivity index is 1.42. The van der Waals surface area contributed by atoms with Gasteiger partial charge < -0.3 is 19.6 Å². The number of carbonyl (C=O) groups is 2. The van der Waals surface area contributed by atoms with Gasteiger partial charge in [0.05, 0.1) is 24.8 Å². The van der Waals surface area contributed by atoms with Crippen molar-refractivity contribution < 1.29 is 23.8 Å². The minimum Gasteiger partial charge on any atom is -0.493 e. The van der Waals surface area contributed by atoms with Crippen molar-refractivity contribution in [2.45, 2.75) is 45.6 Å². The molecule has 0 radical (unpaired) electrons. The van der Waals surface area contributed by atoms with Crippen LogP contribution in [0.4, 0.5) is 0 Å². The number of carboxylic acids is 1. The molecule has 0 saturated heterocycles. The summed E-state index contributed by atoms with van der Waals surface area (Å²) >= 11 is 0. The first-order valence-electron chi connectivity index (χ1n) is 12.7. The summed E-state index contributed by atoms with van der Waals surface area (Å²) in [5.41, 5.74) is 4.40. The number of oxazole rings is 1. The third-order valence-corrected chi connectivity index (χ3v) is 6.30. The Labute approximate surface area is 222 Å². The zero-order chi connectivity index (χ0) is 26.9. The van der Waals surface area contributed by atoms with Crippen LogP contribution >= 0.6 is 0 Å². The van der Waals surface area contributed by atoms with E-state index in [-0.39, 0.29) is 24.8 Å². The highest BCUT2D eigenvalue weighted by Gasteiger charge is 2.17. The van der Waals surface area contributed by atoms with Crippen LogP contribution in [0.1, 0.15) is 47.5 Å². The molecule has 0 aliphatic heterocycles. The summed E-state index contributed by atoms with van der Waals surface area (Å²) < 4.78 is 11.9. The molecule has 4 aromatic rings. The van der Waals surface area contributed by atoms with E-state index in [0.717, 1.165) is 33.7 Å². The highest BCUT2D eigenvalue weighted by molar-refractivity contribution is 5.79. The molecule has 1 aromatic heterocycles. The first-order chi connectivity index (χ1) is 18.4. The SMILES string of the molecule is Cc1oc(-c2ccccc2)nc1CCOc1ccc(CCC(=O)O)c(C(C)NC(=O)Cc2ccccc2)c1. The van der Waals surface area contributed by atoms with Gasteiger partial charge in [0.25, 0.3) is 0 Å². The predicted molar refractivity (Wildman–Crippen MR) is 145 cm³/mol. The van der Waals surface area contributed by atoms with Gasteiger partial charge in [0.15, 0.2) is 0 Å². The number of carbonyl (C=O) groups excluding carboxylic acids is 1. The van der Waals surface area contributed by atoms with Crippen molar-refractivity contribution >= 4 is 11.9 Å². The fourth-order valence-electron chi connectivity index (χ4n) is 4.32. The van der Waals surface area contributed by atoms with Crippen LogP contribution in [0.2, 0.25) is 0 Å². The molecule has 4 rings (SSSR count). The molecule has 1 amide bonds. The largest absolute Gasteiger partial charge is 0.493 e. The summed E-state index contributed by atoms with van der Waals surface area (Å²) in [4.78, 5) is 28.5. The van der Waals surface area contributed by atoms with Gasteiger partial charge in [-0.15, -0.1) is 0 Å². The molecule has 0 bridgehead atoms. The minimum absolute atomic E-state index is 0.00701. The number of aryl methyl sites for hydroxylation is 2. The van der Waals surface area contributed by atoms with Crippen molar-refractivity contribution in [3.63, 3.8) is 0 Å². The van der Waals surface area contributed by atoms with Gasteiger partial charge in [0.1, 0.15) is 11.5 Å². The number of nitrogens with one attached hydrogen (secondary N) is 1. The second-order valence-corrected chi connectivity index (χ2v) is 9.19. The lowest BCUT2D eigenvalue weighted by atomic mass is 9.97. The summed E-state index contributed by atoms with van der Waals surface area (Å²) in [6.07, 6.45) is 1.22. The zero-order valence-corrected chi connectivity index (χ0v) is 21.6. The number of hydrogen-bond donors (Lipinski definition) is 2. The Morgan fingerprint density at radius 2 is 1.71 bits per heavy atom. The van der Waals surface area contributed by atoms with E-state index >= 15 is 0 Å². The van der Waals surface area contributed by atoms with E-state index in [2.05, 4.69) is 10.3 Å². The van der Waals surface area contributed by atoms with Crippen LogP contribution in [0.15, 0.2) is 83.3 Å². The van der Waals surface area contributed by atoms with Gasteiger partial charge in [0.2, 0.25) is 11.8 Å². The monoisotopic (exact) mass is 512 g/mol.